The molecule has 0 saturated heterocycles. The SMILES string of the molecule is COc1c(C(C)CC=O)cc(C)c(Br)c1C. The molecule has 0 radical (unpaired) electrons. The number of aldehydes is 1. The van der Waals surface area contributed by atoms with Crippen LogP contribution in [0, 0.1) is 13.8 Å². The fourth-order valence-corrected chi connectivity index (χ4v) is 2.18. The summed E-state index contributed by atoms with van der Waals surface area (Å²) in [6, 6.07) is 2.09. The van der Waals surface area contributed by atoms with Crippen LogP contribution in [-0.2, 0) is 4.79 Å². The number of carbonyl (C=O) groups excluding carboxylic acids is 1. The molecule has 0 N–H and O–H groups in total. The zero-order valence-electron chi connectivity index (χ0n) is 10.1. The minimum Gasteiger partial charge on any atom is -0.496 e. The lowest BCUT2D eigenvalue weighted by Gasteiger charge is -2.18. The summed E-state index contributed by atoms with van der Waals surface area (Å²) in [5, 5.41) is 0. The van der Waals surface area contributed by atoms with Crippen molar-refractivity contribution in [1.82, 2.24) is 0 Å². The second-order valence-corrected chi connectivity index (χ2v) is 4.85. The molecule has 88 valence electrons. The van der Waals surface area contributed by atoms with Gasteiger partial charge >= 0.3 is 0 Å². The van der Waals surface area contributed by atoms with Gasteiger partial charge < -0.3 is 9.53 Å². The van der Waals surface area contributed by atoms with Gasteiger partial charge in [0.15, 0.2) is 0 Å². The number of hydrogen-bond acceptors (Lipinski definition) is 2. The average Bonchev–Trinajstić information content (AvgIpc) is 2.26. The van der Waals surface area contributed by atoms with Crippen molar-refractivity contribution < 1.29 is 9.53 Å². The highest BCUT2D eigenvalue weighted by atomic mass is 79.9. The van der Waals surface area contributed by atoms with Crippen LogP contribution in [0.4, 0.5) is 0 Å². The summed E-state index contributed by atoms with van der Waals surface area (Å²) in [6.07, 6.45) is 1.48. The van der Waals surface area contributed by atoms with E-state index < -0.39 is 0 Å². The zero-order chi connectivity index (χ0) is 12.3. The third kappa shape index (κ3) is 2.46. The second-order valence-electron chi connectivity index (χ2n) is 4.06. The van der Waals surface area contributed by atoms with Crippen molar-refractivity contribution in [2.75, 3.05) is 7.11 Å². The first-order valence-corrected chi connectivity index (χ1v) is 6.09. The lowest BCUT2D eigenvalue weighted by Crippen LogP contribution is -2.02. The van der Waals surface area contributed by atoms with Crippen LogP contribution in [0.25, 0.3) is 0 Å². The molecule has 16 heavy (non-hydrogen) atoms. The number of halogens is 1. The summed E-state index contributed by atoms with van der Waals surface area (Å²) in [4.78, 5) is 10.6. The highest BCUT2D eigenvalue weighted by molar-refractivity contribution is 9.10. The van der Waals surface area contributed by atoms with E-state index in [9.17, 15) is 4.79 Å². The van der Waals surface area contributed by atoms with Gasteiger partial charge in [-0.25, -0.2) is 0 Å². The fourth-order valence-electron chi connectivity index (χ4n) is 1.88. The number of aryl methyl sites for hydroxylation is 1. The molecule has 2 nitrogen and oxygen atoms in total. The molecular formula is C13H17BrO2. The van der Waals surface area contributed by atoms with E-state index in [0.29, 0.717) is 6.42 Å². The van der Waals surface area contributed by atoms with Gasteiger partial charge in [-0.15, -0.1) is 0 Å². The molecule has 0 spiro atoms. The number of hydrogen-bond donors (Lipinski definition) is 0. The van der Waals surface area contributed by atoms with Crippen molar-refractivity contribution in [1.29, 1.82) is 0 Å². The minimum absolute atomic E-state index is 0.193. The van der Waals surface area contributed by atoms with Crippen LogP contribution in [0.2, 0.25) is 0 Å². The normalized spacial score (nSPS) is 12.3. The zero-order valence-corrected chi connectivity index (χ0v) is 11.7. The topological polar surface area (TPSA) is 26.3 Å². The number of methoxy groups -OCH3 is 1. The standard InChI is InChI=1S/C13H17BrO2/c1-8(5-6-15)11-7-9(2)12(14)10(3)13(11)16-4/h6-8H,5H2,1-4H3. The quantitative estimate of drug-likeness (QED) is 0.787. The van der Waals surface area contributed by atoms with E-state index >= 15 is 0 Å². The Labute approximate surface area is 105 Å². The molecule has 0 amide bonds. The highest BCUT2D eigenvalue weighted by Gasteiger charge is 2.16. The molecule has 1 aromatic carbocycles. The first-order chi connectivity index (χ1) is 7.52. The van der Waals surface area contributed by atoms with Gasteiger partial charge in [0.1, 0.15) is 12.0 Å². The minimum atomic E-state index is 0.193. The molecule has 0 aliphatic carbocycles. The van der Waals surface area contributed by atoms with Gasteiger partial charge in [0.25, 0.3) is 0 Å². The van der Waals surface area contributed by atoms with Gasteiger partial charge in [-0.2, -0.15) is 0 Å². The molecule has 3 heteroatoms. The number of carbonyl (C=O) groups is 1. The van der Waals surface area contributed by atoms with E-state index in [1.165, 1.54) is 5.56 Å². The molecule has 0 heterocycles. The molecule has 1 aromatic rings. The van der Waals surface area contributed by atoms with Gasteiger partial charge in [0.2, 0.25) is 0 Å². The number of rotatable bonds is 4. The van der Waals surface area contributed by atoms with E-state index in [1.807, 2.05) is 20.8 Å². The fraction of sp³-hybridized carbons (Fsp3) is 0.462. The predicted molar refractivity (Wildman–Crippen MR) is 69.3 cm³/mol. The van der Waals surface area contributed by atoms with Crippen LogP contribution in [0.5, 0.6) is 5.75 Å². The van der Waals surface area contributed by atoms with E-state index in [4.69, 9.17) is 4.74 Å². The monoisotopic (exact) mass is 284 g/mol. The van der Waals surface area contributed by atoms with Crippen LogP contribution < -0.4 is 4.74 Å². The maximum atomic E-state index is 10.6. The van der Waals surface area contributed by atoms with Crippen molar-refractivity contribution in [2.24, 2.45) is 0 Å². The molecule has 0 bridgehead atoms. The van der Waals surface area contributed by atoms with Crippen LogP contribution in [0.1, 0.15) is 36.0 Å². The Hall–Kier alpha value is -0.830. The van der Waals surface area contributed by atoms with E-state index in [2.05, 4.69) is 22.0 Å². The number of benzene rings is 1. The molecule has 1 rings (SSSR count). The Balaban J connectivity index is 3.32. The molecule has 0 saturated carbocycles. The van der Waals surface area contributed by atoms with Crippen molar-refractivity contribution in [3.63, 3.8) is 0 Å². The predicted octanol–water partition coefficient (Wildman–Crippen LogP) is 3.77. The Morgan fingerprint density at radius 2 is 2.12 bits per heavy atom. The van der Waals surface area contributed by atoms with Gasteiger partial charge in [0.05, 0.1) is 7.11 Å². The van der Waals surface area contributed by atoms with Gasteiger partial charge in [-0.1, -0.05) is 28.9 Å². The summed E-state index contributed by atoms with van der Waals surface area (Å²) < 4.78 is 6.51. The highest BCUT2D eigenvalue weighted by Crippen LogP contribution is 2.37. The summed E-state index contributed by atoms with van der Waals surface area (Å²) in [5.74, 6) is 1.07. The van der Waals surface area contributed by atoms with E-state index in [1.54, 1.807) is 7.11 Å². The summed E-state index contributed by atoms with van der Waals surface area (Å²) in [7, 11) is 1.67. The largest absolute Gasteiger partial charge is 0.496 e. The number of ether oxygens (including phenoxy) is 1. The lowest BCUT2D eigenvalue weighted by atomic mass is 9.93. The molecule has 0 aliphatic heterocycles. The van der Waals surface area contributed by atoms with Gasteiger partial charge in [-0.3, -0.25) is 0 Å². The third-order valence-electron chi connectivity index (χ3n) is 2.84. The Morgan fingerprint density at radius 3 is 2.62 bits per heavy atom. The first kappa shape index (κ1) is 13.2. The molecule has 1 atom stereocenters. The third-order valence-corrected chi connectivity index (χ3v) is 4.06. The Kier molecular flexibility index (Phi) is 4.54. The summed E-state index contributed by atoms with van der Waals surface area (Å²) >= 11 is 3.54. The Bertz CT molecular complexity index is 399. The van der Waals surface area contributed by atoms with Crippen molar-refractivity contribution in [3.8, 4) is 5.75 Å². The molecule has 0 aromatic heterocycles. The molecular weight excluding hydrogens is 268 g/mol. The summed E-state index contributed by atoms with van der Waals surface area (Å²) in [5.41, 5.74) is 3.37. The van der Waals surface area contributed by atoms with Crippen LogP contribution >= 0.6 is 15.9 Å². The lowest BCUT2D eigenvalue weighted by molar-refractivity contribution is -0.108. The van der Waals surface area contributed by atoms with Crippen LogP contribution in [0.15, 0.2) is 10.5 Å². The van der Waals surface area contributed by atoms with Gasteiger partial charge in [0, 0.05) is 16.5 Å². The first-order valence-electron chi connectivity index (χ1n) is 5.30. The average molecular weight is 285 g/mol. The Morgan fingerprint density at radius 1 is 1.50 bits per heavy atom. The maximum absolute atomic E-state index is 10.6. The van der Waals surface area contributed by atoms with Crippen molar-refractivity contribution in [2.45, 2.75) is 33.1 Å². The molecule has 0 fully saturated rings. The molecule has 1 unspecified atom stereocenters. The second kappa shape index (κ2) is 5.48. The van der Waals surface area contributed by atoms with E-state index in [0.717, 1.165) is 27.6 Å². The van der Waals surface area contributed by atoms with Crippen molar-refractivity contribution in [3.05, 3.63) is 27.2 Å². The smallest absolute Gasteiger partial charge is 0.126 e. The van der Waals surface area contributed by atoms with E-state index in [-0.39, 0.29) is 5.92 Å². The van der Waals surface area contributed by atoms with Crippen LogP contribution in [0.3, 0.4) is 0 Å². The van der Waals surface area contributed by atoms with Crippen LogP contribution in [-0.4, -0.2) is 13.4 Å². The van der Waals surface area contributed by atoms with Gasteiger partial charge in [-0.05, 0) is 30.9 Å². The maximum Gasteiger partial charge on any atom is 0.126 e. The van der Waals surface area contributed by atoms with Crippen molar-refractivity contribution >= 4 is 22.2 Å². The summed E-state index contributed by atoms with van der Waals surface area (Å²) in [6.45, 7) is 6.11. The molecule has 0 aliphatic rings.